The van der Waals surface area contributed by atoms with E-state index in [9.17, 15) is 13.2 Å². The number of hydrogen-bond acceptors (Lipinski definition) is 7. The number of hydrogen-bond donors (Lipinski definition) is 2. The maximum absolute atomic E-state index is 12.2. The molecule has 4 rings (SSSR count). The molecule has 1 saturated heterocycles. The molecular formula is C21H22BrN5O3S2. The van der Waals surface area contributed by atoms with Gasteiger partial charge >= 0.3 is 0 Å². The summed E-state index contributed by atoms with van der Waals surface area (Å²) in [6.45, 7) is 2.72. The number of carbonyl (C=O) groups is 1. The second-order valence-corrected chi connectivity index (χ2v) is 11.4. The van der Waals surface area contributed by atoms with Crippen LogP contribution >= 0.6 is 27.3 Å². The van der Waals surface area contributed by atoms with Gasteiger partial charge in [-0.05, 0) is 53.0 Å². The van der Waals surface area contributed by atoms with Gasteiger partial charge < -0.3 is 10.6 Å². The van der Waals surface area contributed by atoms with E-state index in [0.717, 1.165) is 20.6 Å². The minimum absolute atomic E-state index is 0.0669. The number of nitrogens with one attached hydrogen (secondary N) is 2. The molecule has 0 saturated carbocycles. The molecule has 1 aromatic carbocycles. The molecule has 0 radical (unpaired) electrons. The topological polar surface area (TPSA) is 104 Å². The molecule has 3 aromatic rings. The molecule has 1 amide bonds. The predicted octanol–water partition coefficient (Wildman–Crippen LogP) is 3.94. The van der Waals surface area contributed by atoms with Gasteiger partial charge in [0.05, 0.1) is 12.2 Å². The minimum Gasteiger partial charge on any atom is -0.350 e. The summed E-state index contributed by atoms with van der Waals surface area (Å²) in [5, 5.41) is 8.01. The van der Waals surface area contributed by atoms with E-state index in [1.54, 1.807) is 17.4 Å². The quantitative estimate of drug-likeness (QED) is 0.474. The van der Waals surface area contributed by atoms with Crippen molar-refractivity contribution in [3.63, 3.8) is 0 Å². The first kappa shape index (κ1) is 22.7. The van der Waals surface area contributed by atoms with Crippen LogP contribution in [0.15, 0.2) is 46.3 Å². The molecule has 11 heteroatoms. The van der Waals surface area contributed by atoms with Gasteiger partial charge in [-0.1, -0.05) is 12.1 Å². The normalized spacial score (nSPS) is 15.0. The van der Waals surface area contributed by atoms with E-state index in [0.29, 0.717) is 43.4 Å². The van der Waals surface area contributed by atoms with Crippen molar-refractivity contribution in [2.24, 2.45) is 0 Å². The summed E-state index contributed by atoms with van der Waals surface area (Å²) >= 11 is 4.93. The van der Waals surface area contributed by atoms with Crippen molar-refractivity contribution >= 4 is 60.7 Å². The van der Waals surface area contributed by atoms with E-state index >= 15 is 0 Å². The molecular weight excluding hydrogens is 514 g/mol. The Labute approximate surface area is 199 Å². The molecule has 1 fully saturated rings. The third-order valence-electron chi connectivity index (χ3n) is 4.84. The Hall–Kier alpha value is -2.50. The van der Waals surface area contributed by atoms with Crippen molar-refractivity contribution in [1.82, 2.24) is 9.97 Å². The fraction of sp³-hybridized carbons (Fsp3) is 0.286. The van der Waals surface area contributed by atoms with E-state index in [1.165, 1.54) is 4.31 Å². The second-order valence-electron chi connectivity index (χ2n) is 7.44. The van der Waals surface area contributed by atoms with Gasteiger partial charge in [-0.15, -0.1) is 11.3 Å². The van der Waals surface area contributed by atoms with Crippen molar-refractivity contribution in [3.05, 3.63) is 62.4 Å². The van der Waals surface area contributed by atoms with Gasteiger partial charge in [-0.25, -0.2) is 13.4 Å². The maximum atomic E-state index is 12.2. The lowest BCUT2D eigenvalue weighted by molar-refractivity contribution is -0.115. The number of halogens is 1. The Morgan fingerprint density at radius 2 is 2.00 bits per heavy atom. The van der Waals surface area contributed by atoms with E-state index in [1.807, 2.05) is 42.6 Å². The fourth-order valence-electron chi connectivity index (χ4n) is 3.35. The highest BCUT2D eigenvalue weighted by molar-refractivity contribution is 9.10. The fourth-order valence-corrected chi connectivity index (χ4v) is 6.30. The molecule has 1 aliphatic rings. The molecule has 8 nitrogen and oxygen atoms in total. The van der Waals surface area contributed by atoms with Gasteiger partial charge in [0.25, 0.3) is 0 Å². The van der Waals surface area contributed by atoms with Crippen molar-refractivity contribution < 1.29 is 13.2 Å². The molecule has 0 spiro atoms. The highest BCUT2D eigenvalue weighted by atomic mass is 79.9. The van der Waals surface area contributed by atoms with Crippen molar-refractivity contribution in [3.8, 4) is 0 Å². The van der Waals surface area contributed by atoms with E-state index in [4.69, 9.17) is 0 Å². The SMILES string of the molecule is Cc1cc(N2CCCS2(=O)=O)nc(NCc2ccc(NC(=O)Cc3cc(Br)cs3)cc2)n1. The first-order valence-electron chi connectivity index (χ1n) is 10.0. The molecule has 2 N–H and O–H groups in total. The smallest absolute Gasteiger partial charge is 0.236 e. The predicted molar refractivity (Wildman–Crippen MR) is 131 cm³/mol. The van der Waals surface area contributed by atoms with Gasteiger partial charge in [0.2, 0.25) is 21.9 Å². The van der Waals surface area contributed by atoms with Crippen LogP contribution < -0.4 is 14.9 Å². The van der Waals surface area contributed by atoms with Gasteiger partial charge in [0.1, 0.15) is 5.82 Å². The zero-order valence-corrected chi connectivity index (χ0v) is 20.6. The highest BCUT2D eigenvalue weighted by Crippen LogP contribution is 2.24. The van der Waals surface area contributed by atoms with Crippen LogP contribution in [-0.2, 0) is 27.8 Å². The van der Waals surface area contributed by atoms with Gasteiger partial charge in [0.15, 0.2) is 0 Å². The summed E-state index contributed by atoms with van der Waals surface area (Å²) in [4.78, 5) is 22.0. The zero-order valence-electron chi connectivity index (χ0n) is 17.3. The number of aromatic nitrogens is 2. The molecule has 2 aromatic heterocycles. The number of sulfonamides is 1. The van der Waals surface area contributed by atoms with Crippen LogP contribution in [-0.4, -0.2) is 36.6 Å². The molecule has 0 unspecified atom stereocenters. The summed E-state index contributed by atoms with van der Waals surface area (Å²) in [5.41, 5.74) is 2.39. The van der Waals surface area contributed by atoms with Crippen molar-refractivity contribution in [2.45, 2.75) is 26.3 Å². The number of amides is 1. The van der Waals surface area contributed by atoms with E-state index in [-0.39, 0.29) is 11.7 Å². The molecule has 0 aliphatic carbocycles. The van der Waals surface area contributed by atoms with Crippen LogP contribution in [0.4, 0.5) is 17.5 Å². The third kappa shape index (κ3) is 5.64. The Balaban J connectivity index is 1.35. The molecule has 0 atom stereocenters. The average Bonchev–Trinajstić information content (AvgIpc) is 3.31. The summed E-state index contributed by atoms with van der Waals surface area (Å²) in [6, 6.07) is 11.1. The number of anilines is 3. The monoisotopic (exact) mass is 535 g/mol. The van der Waals surface area contributed by atoms with Crippen molar-refractivity contribution in [2.75, 3.05) is 27.2 Å². The summed E-state index contributed by atoms with van der Waals surface area (Å²) in [7, 11) is -3.30. The first-order valence-corrected chi connectivity index (χ1v) is 13.3. The maximum Gasteiger partial charge on any atom is 0.236 e. The van der Waals surface area contributed by atoms with Crippen LogP contribution in [0, 0.1) is 6.92 Å². The Kier molecular flexibility index (Phi) is 6.77. The number of thiophene rings is 1. The average molecular weight is 536 g/mol. The van der Waals surface area contributed by atoms with Gasteiger partial charge in [-0.3, -0.25) is 9.10 Å². The van der Waals surface area contributed by atoms with Crippen LogP contribution in [0.25, 0.3) is 0 Å². The molecule has 0 bridgehead atoms. The molecule has 32 heavy (non-hydrogen) atoms. The van der Waals surface area contributed by atoms with E-state index in [2.05, 4.69) is 36.5 Å². The first-order chi connectivity index (χ1) is 15.3. The third-order valence-corrected chi connectivity index (χ3v) is 8.38. The Morgan fingerprint density at radius 1 is 1.22 bits per heavy atom. The van der Waals surface area contributed by atoms with Crippen LogP contribution in [0.5, 0.6) is 0 Å². The summed E-state index contributed by atoms with van der Waals surface area (Å²) < 4.78 is 26.7. The lowest BCUT2D eigenvalue weighted by Crippen LogP contribution is -2.26. The van der Waals surface area contributed by atoms with E-state index < -0.39 is 10.0 Å². The number of benzene rings is 1. The molecule has 168 valence electrons. The molecule has 3 heterocycles. The standard InChI is InChI=1S/C21H22BrN5O3S2/c1-14-9-19(27-7-2-8-32(27,29)30)26-21(24-14)23-12-15-3-5-17(6-4-15)25-20(28)11-18-10-16(22)13-31-18/h3-6,9-10,13H,2,7-8,11-12H2,1H3,(H,25,28)(H,23,24,26). The minimum atomic E-state index is -3.30. The zero-order chi connectivity index (χ0) is 22.7. The number of nitrogens with zero attached hydrogens (tertiary/aromatic N) is 3. The molecule has 1 aliphatic heterocycles. The Bertz CT molecular complexity index is 1230. The Morgan fingerprint density at radius 3 is 2.66 bits per heavy atom. The lowest BCUT2D eigenvalue weighted by atomic mass is 10.2. The number of rotatable bonds is 7. The number of carbonyl (C=O) groups excluding carboxylic acids is 1. The summed E-state index contributed by atoms with van der Waals surface area (Å²) in [5.74, 6) is 0.852. The largest absolute Gasteiger partial charge is 0.350 e. The lowest BCUT2D eigenvalue weighted by Gasteiger charge is -2.17. The summed E-state index contributed by atoms with van der Waals surface area (Å²) in [6.07, 6.45) is 0.932. The van der Waals surface area contributed by atoms with Crippen LogP contribution in [0.1, 0.15) is 22.6 Å². The highest BCUT2D eigenvalue weighted by Gasteiger charge is 2.29. The van der Waals surface area contributed by atoms with Gasteiger partial charge in [-0.2, -0.15) is 4.98 Å². The van der Waals surface area contributed by atoms with Gasteiger partial charge in [0, 0.05) is 45.3 Å². The van der Waals surface area contributed by atoms with Crippen molar-refractivity contribution in [1.29, 1.82) is 0 Å². The van der Waals surface area contributed by atoms with Crippen LogP contribution in [0.2, 0.25) is 0 Å². The second kappa shape index (κ2) is 9.55. The van der Waals surface area contributed by atoms with Crippen LogP contribution in [0.3, 0.4) is 0 Å². The number of aryl methyl sites for hydroxylation is 1.